The lowest BCUT2D eigenvalue weighted by Crippen LogP contribution is -2.38. The molecule has 0 fully saturated rings. The van der Waals surface area contributed by atoms with Crippen molar-refractivity contribution in [2.24, 2.45) is 4.99 Å². The van der Waals surface area contributed by atoms with Gasteiger partial charge in [0.2, 0.25) is 0 Å². The molecule has 0 radical (unpaired) electrons. The second-order valence-electron chi connectivity index (χ2n) is 9.24. The number of fused-ring (bicyclic) bond motifs is 3. The summed E-state index contributed by atoms with van der Waals surface area (Å²) in [5.74, 6) is 1.30. The van der Waals surface area contributed by atoms with Gasteiger partial charge in [0.15, 0.2) is 16.3 Å². The van der Waals surface area contributed by atoms with Crippen molar-refractivity contribution < 1.29 is 9.47 Å². The SMILES string of the molecule is COc1ccc(C2C3=C(N=c4sc(=Cc5ccc(C)c(Br)c5)c(=O)n42)c2ccccc2CC3)cc1OC. The van der Waals surface area contributed by atoms with E-state index in [4.69, 9.17) is 14.5 Å². The standard InChI is InChI=1S/C30H25BrN2O3S/c1-17-8-9-18(14-23(17)31)15-26-29(34)33-28(20-11-13-24(35-2)25(16-20)36-3)22-12-10-19-6-4-5-7-21(19)27(22)32-30(33)37-26/h4-9,11,13-16,28H,10,12H2,1-3H3. The molecule has 1 atom stereocenters. The minimum absolute atomic E-state index is 0.0364. The van der Waals surface area contributed by atoms with Crippen molar-refractivity contribution in [3.05, 3.63) is 118 Å². The van der Waals surface area contributed by atoms with Gasteiger partial charge in [-0.2, -0.15) is 0 Å². The van der Waals surface area contributed by atoms with Crippen LogP contribution < -0.4 is 24.4 Å². The number of rotatable bonds is 4. The molecule has 4 aromatic rings. The average Bonchev–Trinajstić information content (AvgIpc) is 3.23. The first kappa shape index (κ1) is 23.9. The summed E-state index contributed by atoms with van der Waals surface area (Å²) in [6.07, 6.45) is 3.70. The van der Waals surface area contributed by atoms with E-state index in [1.165, 1.54) is 16.9 Å². The van der Waals surface area contributed by atoms with E-state index in [-0.39, 0.29) is 11.6 Å². The molecule has 0 amide bonds. The van der Waals surface area contributed by atoms with Crippen LogP contribution in [0.2, 0.25) is 0 Å². The van der Waals surface area contributed by atoms with E-state index >= 15 is 0 Å². The zero-order valence-corrected chi connectivity index (χ0v) is 23.2. The highest BCUT2D eigenvalue weighted by molar-refractivity contribution is 9.10. The third-order valence-corrected chi connectivity index (χ3v) is 8.93. The van der Waals surface area contributed by atoms with Crippen molar-refractivity contribution in [1.82, 2.24) is 4.57 Å². The van der Waals surface area contributed by atoms with E-state index in [1.54, 1.807) is 14.2 Å². The van der Waals surface area contributed by atoms with Crippen molar-refractivity contribution in [3.63, 3.8) is 0 Å². The van der Waals surface area contributed by atoms with Crippen LogP contribution in [-0.4, -0.2) is 18.8 Å². The van der Waals surface area contributed by atoms with Crippen molar-refractivity contribution in [2.75, 3.05) is 14.2 Å². The minimum atomic E-state index is -0.272. The van der Waals surface area contributed by atoms with Crippen LogP contribution in [-0.2, 0) is 6.42 Å². The molecule has 0 bridgehead atoms. The van der Waals surface area contributed by atoms with E-state index in [2.05, 4.69) is 46.3 Å². The number of methoxy groups -OCH3 is 2. The number of thiazole rings is 1. The van der Waals surface area contributed by atoms with Crippen LogP contribution in [0.5, 0.6) is 11.5 Å². The number of aromatic nitrogens is 1. The maximum Gasteiger partial charge on any atom is 0.271 e. The van der Waals surface area contributed by atoms with Gasteiger partial charge < -0.3 is 9.47 Å². The van der Waals surface area contributed by atoms with Crippen LogP contribution in [0.15, 0.2) is 80.5 Å². The molecule has 1 aromatic heterocycles. The molecule has 6 rings (SSSR count). The van der Waals surface area contributed by atoms with Crippen LogP contribution in [0.25, 0.3) is 11.8 Å². The average molecular weight is 574 g/mol. The summed E-state index contributed by atoms with van der Waals surface area (Å²) < 4.78 is 14.6. The summed E-state index contributed by atoms with van der Waals surface area (Å²) in [5.41, 5.74) is 7.64. The Morgan fingerprint density at radius 1 is 1.03 bits per heavy atom. The van der Waals surface area contributed by atoms with Gasteiger partial charge in [-0.1, -0.05) is 69.7 Å². The lowest BCUT2D eigenvalue weighted by Gasteiger charge is -2.31. The quantitative estimate of drug-likeness (QED) is 0.328. The van der Waals surface area contributed by atoms with E-state index in [1.807, 2.05) is 47.9 Å². The van der Waals surface area contributed by atoms with Crippen molar-refractivity contribution >= 4 is 39.0 Å². The monoisotopic (exact) mass is 572 g/mol. The largest absolute Gasteiger partial charge is 0.493 e. The molecule has 0 spiro atoms. The summed E-state index contributed by atoms with van der Waals surface area (Å²) >= 11 is 5.05. The highest BCUT2D eigenvalue weighted by atomic mass is 79.9. The van der Waals surface area contributed by atoms with Gasteiger partial charge in [-0.3, -0.25) is 9.36 Å². The molecule has 0 saturated carbocycles. The maximum absolute atomic E-state index is 13.9. The lowest BCUT2D eigenvalue weighted by atomic mass is 9.83. The van der Waals surface area contributed by atoms with E-state index in [0.29, 0.717) is 20.8 Å². The molecule has 7 heteroatoms. The molecule has 2 heterocycles. The second-order valence-corrected chi connectivity index (χ2v) is 11.1. The number of hydrogen-bond acceptors (Lipinski definition) is 5. The van der Waals surface area contributed by atoms with Crippen molar-refractivity contribution in [2.45, 2.75) is 25.8 Å². The Morgan fingerprint density at radius 3 is 2.62 bits per heavy atom. The number of ether oxygens (including phenoxy) is 2. The van der Waals surface area contributed by atoms with E-state index in [9.17, 15) is 4.79 Å². The third-order valence-electron chi connectivity index (χ3n) is 7.09. The second kappa shape index (κ2) is 9.47. The molecule has 186 valence electrons. The van der Waals surface area contributed by atoms with Gasteiger partial charge in [0.1, 0.15) is 0 Å². The smallest absolute Gasteiger partial charge is 0.271 e. The maximum atomic E-state index is 13.9. The number of aryl methyl sites for hydroxylation is 2. The predicted octanol–water partition coefficient (Wildman–Crippen LogP) is 5.41. The van der Waals surface area contributed by atoms with Gasteiger partial charge in [0, 0.05) is 10.0 Å². The Morgan fingerprint density at radius 2 is 1.84 bits per heavy atom. The third kappa shape index (κ3) is 4.06. The summed E-state index contributed by atoms with van der Waals surface area (Å²) in [4.78, 5) is 19.7. The van der Waals surface area contributed by atoms with Crippen molar-refractivity contribution in [3.8, 4) is 11.5 Å². The predicted molar refractivity (Wildman–Crippen MR) is 151 cm³/mol. The molecule has 3 aromatic carbocycles. The van der Waals surface area contributed by atoms with E-state index < -0.39 is 0 Å². The summed E-state index contributed by atoms with van der Waals surface area (Å²) in [5, 5.41) is 0. The summed E-state index contributed by atoms with van der Waals surface area (Å²) in [7, 11) is 3.26. The van der Waals surface area contributed by atoms with Gasteiger partial charge in [0.05, 0.1) is 30.5 Å². The van der Waals surface area contributed by atoms with Crippen molar-refractivity contribution in [1.29, 1.82) is 0 Å². The van der Waals surface area contributed by atoms with Gasteiger partial charge in [0.25, 0.3) is 5.56 Å². The van der Waals surface area contributed by atoms with Gasteiger partial charge in [-0.25, -0.2) is 4.99 Å². The highest BCUT2D eigenvalue weighted by Crippen LogP contribution is 2.42. The van der Waals surface area contributed by atoms with Crippen LogP contribution >= 0.6 is 27.3 Å². The van der Waals surface area contributed by atoms with Crippen LogP contribution in [0.3, 0.4) is 0 Å². The molecule has 37 heavy (non-hydrogen) atoms. The Kier molecular flexibility index (Phi) is 6.13. The number of nitrogens with zero attached hydrogens (tertiary/aromatic N) is 2. The van der Waals surface area contributed by atoms with Gasteiger partial charge in [-0.15, -0.1) is 0 Å². The normalized spacial score (nSPS) is 16.5. The molecule has 2 aliphatic rings. The number of benzene rings is 3. The Hall–Kier alpha value is -3.42. The lowest BCUT2D eigenvalue weighted by molar-refractivity contribution is 0.354. The fourth-order valence-electron chi connectivity index (χ4n) is 5.20. The fraction of sp³-hybridized carbons (Fsp3) is 0.200. The van der Waals surface area contributed by atoms with Crippen LogP contribution in [0.4, 0.5) is 0 Å². The minimum Gasteiger partial charge on any atom is -0.493 e. The molecule has 1 aliphatic carbocycles. The summed E-state index contributed by atoms with van der Waals surface area (Å²) in [6, 6.07) is 20.2. The van der Waals surface area contributed by atoms with Gasteiger partial charge >= 0.3 is 0 Å². The zero-order chi connectivity index (χ0) is 25.7. The first-order chi connectivity index (χ1) is 18.0. The highest BCUT2D eigenvalue weighted by Gasteiger charge is 2.33. The number of allylic oxidation sites excluding steroid dienone is 1. The molecule has 5 nitrogen and oxygen atoms in total. The van der Waals surface area contributed by atoms with Crippen LogP contribution in [0.1, 0.15) is 40.3 Å². The van der Waals surface area contributed by atoms with Crippen LogP contribution in [0, 0.1) is 6.92 Å². The Labute approximate surface area is 227 Å². The fourth-order valence-corrected chi connectivity index (χ4v) is 6.59. The molecule has 0 N–H and O–H groups in total. The topological polar surface area (TPSA) is 52.8 Å². The first-order valence-electron chi connectivity index (χ1n) is 12.1. The Balaban J connectivity index is 1.62. The van der Waals surface area contributed by atoms with E-state index in [0.717, 1.165) is 50.8 Å². The van der Waals surface area contributed by atoms with Gasteiger partial charge in [-0.05, 0) is 71.9 Å². The summed E-state index contributed by atoms with van der Waals surface area (Å²) in [6.45, 7) is 2.05. The number of halogens is 1. The molecule has 0 saturated heterocycles. The molecular formula is C30H25BrN2O3S. The first-order valence-corrected chi connectivity index (χ1v) is 13.7. The number of hydrogen-bond donors (Lipinski definition) is 0. The zero-order valence-electron chi connectivity index (χ0n) is 20.7. The molecular weight excluding hydrogens is 548 g/mol. The molecule has 1 aliphatic heterocycles. The molecule has 1 unspecified atom stereocenters. The Bertz CT molecular complexity index is 1770.